The third-order valence-electron chi connectivity index (χ3n) is 12.3. The molecule has 0 aliphatic carbocycles. The first-order chi connectivity index (χ1) is 28.9. The van der Waals surface area contributed by atoms with E-state index in [9.17, 15) is 0 Å². The zero-order chi connectivity index (χ0) is 41.0. The van der Waals surface area contributed by atoms with Gasteiger partial charge in [-0.3, -0.25) is 9.97 Å². The Labute approximate surface area is 349 Å². The van der Waals surface area contributed by atoms with Gasteiger partial charge in [0.05, 0.1) is 22.8 Å². The molecule has 6 aromatic carbocycles. The van der Waals surface area contributed by atoms with E-state index in [1.807, 2.05) is 24.3 Å². The predicted octanol–water partition coefficient (Wildman–Crippen LogP) is 14.7. The summed E-state index contributed by atoms with van der Waals surface area (Å²) in [5, 5.41) is 4.37. The van der Waals surface area contributed by atoms with Crippen molar-refractivity contribution in [3.05, 3.63) is 191 Å². The fraction of sp³-hybridized carbons (Fsp3) is 0.164. The van der Waals surface area contributed by atoms with E-state index in [0.29, 0.717) is 0 Å². The van der Waals surface area contributed by atoms with Gasteiger partial charge >= 0.3 is 0 Å². The first-order valence-electron chi connectivity index (χ1n) is 20.7. The van der Waals surface area contributed by atoms with Crippen molar-refractivity contribution >= 4 is 43.9 Å². The van der Waals surface area contributed by atoms with E-state index in [2.05, 4.69) is 175 Å². The standard InChI is InChI=1S/C55H44N2O3/c1-53(2,3)35-23-27-47-41(31-35)55(42-32-36(54(4,5)6)24-28-48(42)60-47,51-19-11-15-43(56-51)33-21-25-39-37-13-7-9-17-45(37)58-49(39)29-33)52-20-12-16-44(57-52)34-22-26-40-38-14-8-10-18-46(38)59-50(40)30-34/h7-32H,1-6H3. The van der Waals surface area contributed by atoms with Crippen LogP contribution in [-0.2, 0) is 16.2 Å². The molecule has 0 saturated carbocycles. The normalized spacial score (nSPS) is 13.8. The molecule has 4 aromatic heterocycles. The molecule has 0 N–H and O–H groups in total. The summed E-state index contributed by atoms with van der Waals surface area (Å²) < 4.78 is 19.7. The molecule has 5 heterocycles. The van der Waals surface area contributed by atoms with E-state index in [1.54, 1.807) is 0 Å². The molecule has 0 atom stereocenters. The summed E-state index contributed by atoms with van der Waals surface area (Å²) in [6.45, 7) is 13.5. The van der Waals surface area contributed by atoms with Crippen LogP contribution in [0, 0.1) is 0 Å². The molecular formula is C55H44N2O3. The van der Waals surface area contributed by atoms with Crippen molar-refractivity contribution in [3.63, 3.8) is 0 Å². The quantitative estimate of drug-likeness (QED) is 0.178. The van der Waals surface area contributed by atoms with E-state index >= 15 is 0 Å². The Morgan fingerprint density at radius 3 is 1.28 bits per heavy atom. The first-order valence-corrected chi connectivity index (χ1v) is 20.7. The van der Waals surface area contributed by atoms with Gasteiger partial charge in [-0.1, -0.05) is 114 Å². The maximum absolute atomic E-state index is 6.91. The third-order valence-corrected chi connectivity index (χ3v) is 12.3. The molecule has 5 nitrogen and oxygen atoms in total. The van der Waals surface area contributed by atoms with Crippen molar-refractivity contribution in [2.75, 3.05) is 0 Å². The fourth-order valence-corrected chi connectivity index (χ4v) is 9.08. The molecule has 1 aliphatic rings. The summed E-state index contributed by atoms with van der Waals surface area (Å²) in [5.74, 6) is 1.57. The minimum Gasteiger partial charge on any atom is -0.457 e. The van der Waals surface area contributed by atoms with Crippen LogP contribution in [0.2, 0.25) is 0 Å². The number of para-hydroxylation sites is 2. The summed E-state index contributed by atoms with van der Waals surface area (Å²) in [6.07, 6.45) is 0. The highest BCUT2D eigenvalue weighted by molar-refractivity contribution is 6.06. The van der Waals surface area contributed by atoms with E-state index in [4.69, 9.17) is 23.5 Å². The zero-order valence-electron chi connectivity index (χ0n) is 34.6. The Morgan fingerprint density at radius 2 is 0.833 bits per heavy atom. The highest BCUT2D eigenvalue weighted by Crippen LogP contribution is 2.56. The second kappa shape index (κ2) is 13.0. The number of fused-ring (bicyclic) bond motifs is 8. The van der Waals surface area contributed by atoms with Crippen LogP contribution < -0.4 is 4.74 Å². The van der Waals surface area contributed by atoms with Gasteiger partial charge < -0.3 is 13.6 Å². The molecule has 1 aliphatic heterocycles. The van der Waals surface area contributed by atoms with Gasteiger partial charge in [0.2, 0.25) is 0 Å². The molecule has 0 radical (unpaired) electrons. The molecule has 60 heavy (non-hydrogen) atoms. The Morgan fingerprint density at radius 1 is 0.400 bits per heavy atom. The average Bonchev–Trinajstić information content (AvgIpc) is 3.82. The monoisotopic (exact) mass is 780 g/mol. The number of rotatable bonds is 4. The molecule has 0 bridgehead atoms. The van der Waals surface area contributed by atoms with Crippen LogP contribution in [0.25, 0.3) is 66.4 Å². The number of ether oxygens (including phenoxy) is 1. The number of pyridine rings is 2. The molecule has 5 heteroatoms. The number of aromatic nitrogens is 2. The van der Waals surface area contributed by atoms with E-state index in [0.717, 1.165) is 100 Å². The van der Waals surface area contributed by atoms with Crippen LogP contribution in [0.3, 0.4) is 0 Å². The van der Waals surface area contributed by atoms with Gasteiger partial charge in [-0.15, -0.1) is 0 Å². The number of furan rings is 2. The molecule has 0 fully saturated rings. The number of hydrogen-bond acceptors (Lipinski definition) is 5. The molecule has 0 saturated heterocycles. The summed E-state index contributed by atoms with van der Waals surface area (Å²) in [5.41, 5.74) is 11.9. The van der Waals surface area contributed by atoms with E-state index in [1.165, 1.54) is 11.1 Å². The van der Waals surface area contributed by atoms with Crippen molar-refractivity contribution in [2.24, 2.45) is 0 Å². The third kappa shape index (κ3) is 5.60. The molecule has 0 spiro atoms. The molecule has 0 amide bonds. The second-order valence-corrected chi connectivity index (χ2v) is 18.2. The minimum absolute atomic E-state index is 0.136. The van der Waals surface area contributed by atoms with Crippen LogP contribution >= 0.6 is 0 Å². The maximum Gasteiger partial charge on any atom is 0.136 e. The first kappa shape index (κ1) is 36.1. The molecule has 10 aromatic rings. The fourth-order valence-electron chi connectivity index (χ4n) is 9.08. The van der Waals surface area contributed by atoms with Gasteiger partial charge in [0.1, 0.15) is 39.2 Å². The van der Waals surface area contributed by atoms with Gasteiger partial charge in [0.25, 0.3) is 0 Å². The number of nitrogens with zero attached hydrogens (tertiary/aromatic N) is 2. The minimum atomic E-state index is -0.982. The van der Waals surface area contributed by atoms with Gasteiger partial charge in [-0.05, 0) is 107 Å². The lowest BCUT2D eigenvalue weighted by Crippen LogP contribution is -2.37. The van der Waals surface area contributed by atoms with Crippen LogP contribution in [0.15, 0.2) is 167 Å². The Balaban J connectivity index is 1.20. The lowest BCUT2D eigenvalue weighted by molar-refractivity contribution is 0.426. The van der Waals surface area contributed by atoms with Crippen molar-refractivity contribution < 1.29 is 13.6 Å². The summed E-state index contributed by atoms with van der Waals surface area (Å²) in [4.78, 5) is 11.3. The van der Waals surface area contributed by atoms with Crippen molar-refractivity contribution in [1.82, 2.24) is 9.97 Å². The van der Waals surface area contributed by atoms with Gasteiger partial charge in [0, 0.05) is 43.8 Å². The smallest absolute Gasteiger partial charge is 0.136 e. The van der Waals surface area contributed by atoms with Crippen LogP contribution in [0.4, 0.5) is 0 Å². The van der Waals surface area contributed by atoms with Crippen LogP contribution in [0.1, 0.15) is 75.2 Å². The van der Waals surface area contributed by atoms with E-state index < -0.39 is 5.41 Å². The summed E-state index contributed by atoms with van der Waals surface area (Å²) >= 11 is 0. The Kier molecular flexibility index (Phi) is 7.83. The average molecular weight is 781 g/mol. The lowest BCUT2D eigenvalue weighted by Gasteiger charge is -2.41. The zero-order valence-corrected chi connectivity index (χ0v) is 34.6. The second-order valence-electron chi connectivity index (χ2n) is 18.2. The molecular weight excluding hydrogens is 737 g/mol. The number of benzene rings is 6. The van der Waals surface area contributed by atoms with Crippen molar-refractivity contribution in [2.45, 2.75) is 57.8 Å². The van der Waals surface area contributed by atoms with Crippen molar-refractivity contribution in [1.29, 1.82) is 0 Å². The highest BCUT2D eigenvalue weighted by atomic mass is 16.5. The predicted molar refractivity (Wildman–Crippen MR) is 243 cm³/mol. The molecule has 11 rings (SSSR count). The van der Waals surface area contributed by atoms with Crippen LogP contribution in [-0.4, -0.2) is 9.97 Å². The largest absolute Gasteiger partial charge is 0.457 e. The summed E-state index contributed by atoms with van der Waals surface area (Å²) in [6, 6.07) is 55.2. The SMILES string of the molecule is CC(C)(C)c1ccc2c(c1)C(c1cccc(-c3ccc4c(c3)oc3ccccc34)n1)(c1cccc(-c3ccc4c(c3)oc3ccccc34)n1)c1cc(C(C)(C)C)ccc1O2. The van der Waals surface area contributed by atoms with Gasteiger partial charge in [0.15, 0.2) is 0 Å². The Bertz CT molecular complexity index is 3110. The lowest BCUT2D eigenvalue weighted by atomic mass is 9.65. The van der Waals surface area contributed by atoms with Gasteiger partial charge in [-0.2, -0.15) is 0 Å². The maximum atomic E-state index is 6.91. The topological polar surface area (TPSA) is 61.3 Å². The Hall–Kier alpha value is -6.98. The highest BCUT2D eigenvalue weighted by Gasteiger charge is 2.49. The summed E-state index contributed by atoms with van der Waals surface area (Å²) in [7, 11) is 0. The van der Waals surface area contributed by atoms with E-state index in [-0.39, 0.29) is 10.8 Å². The number of hydrogen-bond donors (Lipinski definition) is 0. The van der Waals surface area contributed by atoms with Crippen LogP contribution in [0.5, 0.6) is 11.5 Å². The van der Waals surface area contributed by atoms with Crippen molar-refractivity contribution in [3.8, 4) is 34.0 Å². The molecule has 292 valence electrons. The van der Waals surface area contributed by atoms with Gasteiger partial charge in [-0.25, -0.2) is 0 Å². The molecule has 0 unspecified atom stereocenters.